The number of morpholine rings is 1. The van der Waals surface area contributed by atoms with Crippen molar-refractivity contribution >= 4 is 11.6 Å². The van der Waals surface area contributed by atoms with Gasteiger partial charge in [0, 0.05) is 25.3 Å². The predicted octanol–water partition coefficient (Wildman–Crippen LogP) is 0.982. The summed E-state index contributed by atoms with van der Waals surface area (Å²) in [5.74, 6) is -0.00118. The van der Waals surface area contributed by atoms with E-state index in [2.05, 4.69) is 10.2 Å². The molecule has 1 aliphatic rings. The number of hydrogen-bond acceptors (Lipinski definition) is 4. The molecule has 0 saturated carbocycles. The molecule has 5 nitrogen and oxygen atoms in total. The number of ether oxygens (including phenoxy) is 1. The van der Waals surface area contributed by atoms with Gasteiger partial charge in [0.25, 0.3) is 0 Å². The first-order valence-corrected chi connectivity index (χ1v) is 7.01. The van der Waals surface area contributed by atoms with Crippen LogP contribution in [-0.2, 0) is 9.53 Å². The highest BCUT2D eigenvalue weighted by Gasteiger charge is 2.25. The van der Waals surface area contributed by atoms with Crippen molar-refractivity contribution in [1.82, 2.24) is 4.90 Å². The Balaban J connectivity index is 1.86. The molecule has 0 radical (unpaired) electrons. The molecule has 0 aliphatic carbocycles. The molecule has 5 heteroatoms. The highest BCUT2D eigenvalue weighted by Crippen LogP contribution is 2.11. The molecule has 1 heterocycles. The van der Waals surface area contributed by atoms with Gasteiger partial charge in [0.15, 0.2) is 0 Å². The monoisotopic (exact) mass is 277 g/mol. The summed E-state index contributed by atoms with van der Waals surface area (Å²) in [6.45, 7) is 6.36. The van der Waals surface area contributed by atoms with E-state index in [1.165, 1.54) is 5.56 Å². The predicted molar refractivity (Wildman–Crippen MR) is 79.6 cm³/mol. The lowest BCUT2D eigenvalue weighted by Crippen LogP contribution is -2.51. The molecular weight excluding hydrogens is 254 g/mol. The Morgan fingerprint density at radius 1 is 1.40 bits per heavy atom. The largest absolute Gasteiger partial charge is 0.371 e. The van der Waals surface area contributed by atoms with Crippen LogP contribution >= 0.6 is 0 Å². The number of nitrogens with zero attached hydrogens (tertiary/aromatic N) is 1. The van der Waals surface area contributed by atoms with Crippen molar-refractivity contribution in [2.45, 2.75) is 26.1 Å². The molecule has 1 aliphatic heterocycles. The van der Waals surface area contributed by atoms with Gasteiger partial charge >= 0.3 is 0 Å². The fraction of sp³-hybridized carbons (Fsp3) is 0.533. The second-order valence-electron chi connectivity index (χ2n) is 5.41. The van der Waals surface area contributed by atoms with Crippen molar-refractivity contribution in [3.05, 3.63) is 29.8 Å². The lowest BCUT2D eigenvalue weighted by molar-refractivity contribution is -0.121. The Morgan fingerprint density at radius 2 is 2.10 bits per heavy atom. The van der Waals surface area contributed by atoms with Gasteiger partial charge in [-0.15, -0.1) is 0 Å². The van der Waals surface area contributed by atoms with E-state index >= 15 is 0 Å². The molecule has 1 saturated heterocycles. The zero-order valence-corrected chi connectivity index (χ0v) is 12.1. The molecule has 110 valence electrons. The summed E-state index contributed by atoms with van der Waals surface area (Å²) in [5.41, 5.74) is 7.65. The standard InChI is InChI=1S/C15H23N3O2/c1-11-3-5-13(6-4-11)17-15(19)10-18-8-12(2)20-14(7-16)9-18/h3-6,12,14H,7-10,16H2,1-2H3,(H,17,19). The van der Waals surface area contributed by atoms with E-state index in [0.29, 0.717) is 19.6 Å². The summed E-state index contributed by atoms with van der Waals surface area (Å²) in [6, 6.07) is 7.80. The van der Waals surface area contributed by atoms with Crippen molar-refractivity contribution in [1.29, 1.82) is 0 Å². The van der Waals surface area contributed by atoms with Crippen LogP contribution in [0.1, 0.15) is 12.5 Å². The Kier molecular flexibility index (Phi) is 5.11. The van der Waals surface area contributed by atoms with Crippen molar-refractivity contribution in [2.75, 3.05) is 31.5 Å². The van der Waals surface area contributed by atoms with Crippen LogP contribution in [-0.4, -0.2) is 49.2 Å². The van der Waals surface area contributed by atoms with Crippen LogP contribution in [0.3, 0.4) is 0 Å². The highest BCUT2D eigenvalue weighted by atomic mass is 16.5. The first-order chi connectivity index (χ1) is 9.56. The maximum atomic E-state index is 12.0. The van der Waals surface area contributed by atoms with Gasteiger partial charge in [0.05, 0.1) is 18.8 Å². The maximum absolute atomic E-state index is 12.0. The van der Waals surface area contributed by atoms with E-state index < -0.39 is 0 Å². The normalized spacial score (nSPS) is 23.6. The third kappa shape index (κ3) is 4.30. The number of benzene rings is 1. The van der Waals surface area contributed by atoms with Gasteiger partial charge in [0.2, 0.25) is 5.91 Å². The smallest absolute Gasteiger partial charge is 0.238 e. The molecule has 1 amide bonds. The van der Waals surface area contributed by atoms with Gasteiger partial charge in [-0.25, -0.2) is 0 Å². The summed E-state index contributed by atoms with van der Waals surface area (Å²) in [4.78, 5) is 14.1. The lowest BCUT2D eigenvalue weighted by Gasteiger charge is -2.35. The van der Waals surface area contributed by atoms with Crippen LogP contribution in [0.15, 0.2) is 24.3 Å². The van der Waals surface area contributed by atoms with Gasteiger partial charge in [-0.1, -0.05) is 17.7 Å². The summed E-state index contributed by atoms with van der Waals surface area (Å²) in [5, 5.41) is 2.91. The number of nitrogens with two attached hydrogens (primary N) is 1. The fourth-order valence-corrected chi connectivity index (χ4v) is 2.44. The molecule has 20 heavy (non-hydrogen) atoms. The maximum Gasteiger partial charge on any atom is 0.238 e. The Morgan fingerprint density at radius 3 is 2.75 bits per heavy atom. The Bertz CT molecular complexity index is 447. The van der Waals surface area contributed by atoms with Crippen LogP contribution in [0, 0.1) is 6.92 Å². The second kappa shape index (κ2) is 6.83. The van der Waals surface area contributed by atoms with Crippen LogP contribution in [0.5, 0.6) is 0 Å². The van der Waals surface area contributed by atoms with Gasteiger partial charge in [-0.3, -0.25) is 9.69 Å². The number of carbonyl (C=O) groups is 1. The number of amides is 1. The number of anilines is 1. The van der Waals surface area contributed by atoms with E-state index in [4.69, 9.17) is 10.5 Å². The van der Waals surface area contributed by atoms with E-state index in [-0.39, 0.29) is 18.1 Å². The lowest BCUT2D eigenvalue weighted by atomic mass is 10.2. The van der Waals surface area contributed by atoms with Gasteiger partial charge in [-0.2, -0.15) is 0 Å². The minimum absolute atomic E-state index is 0.00118. The molecule has 1 aromatic carbocycles. The molecule has 0 bridgehead atoms. The average Bonchev–Trinajstić information content (AvgIpc) is 2.40. The first kappa shape index (κ1) is 15.0. The van der Waals surface area contributed by atoms with E-state index in [1.54, 1.807) is 0 Å². The topological polar surface area (TPSA) is 67.6 Å². The SMILES string of the molecule is Cc1ccc(NC(=O)CN2CC(C)OC(CN)C2)cc1. The molecular formula is C15H23N3O2. The zero-order chi connectivity index (χ0) is 14.5. The van der Waals surface area contributed by atoms with Crippen molar-refractivity contribution in [3.63, 3.8) is 0 Å². The van der Waals surface area contributed by atoms with Crippen molar-refractivity contribution in [3.8, 4) is 0 Å². The quantitative estimate of drug-likeness (QED) is 0.861. The Hall–Kier alpha value is -1.43. The number of carbonyl (C=O) groups excluding carboxylic acids is 1. The molecule has 1 aromatic rings. The molecule has 2 atom stereocenters. The van der Waals surface area contributed by atoms with Gasteiger partial charge < -0.3 is 15.8 Å². The fourth-order valence-electron chi connectivity index (χ4n) is 2.44. The van der Waals surface area contributed by atoms with Gasteiger partial charge in [0.1, 0.15) is 0 Å². The van der Waals surface area contributed by atoms with Crippen molar-refractivity contribution in [2.24, 2.45) is 5.73 Å². The number of rotatable bonds is 4. The van der Waals surface area contributed by atoms with Crippen LogP contribution < -0.4 is 11.1 Å². The third-order valence-electron chi connectivity index (χ3n) is 3.37. The molecule has 1 fully saturated rings. The van der Waals surface area contributed by atoms with Crippen molar-refractivity contribution < 1.29 is 9.53 Å². The van der Waals surface area contributed by atoms with Crippen LogP contribution in [0.25, 0.3) is 0 Å². The van der Waals surface area contributed by atoms with E-state index in [9.17, 15) is 4.79 Å². The summed E-state index contributed by atoms with van der Waals surface area (Å²) >= 11 is 0. The molecule has 0 aromatic heterocycles. The van der Waals surface area contributed by atoms with Crippen LogP contribution in [0.4, 0.5) is 5.69 Å². The number of nitrogens with one attached hydrogen (secondary N) is 1. The second-order valence-corrected chi connectivity index (χ2v) is 5.41. The minimum atomic E-state index is -0.00118. The zero-order valence-electron chi connectivity index (χ0n) is 12.1. The van der Waals surface area contributed by atoms with E-state index in [1.807, 2.05) is 38.1 Å². The number of hydrogen-bond donors (Lipinski definition) is 2. The van der Waals surface area contributed by atoms with Crippen LogP contribution in [0.2, 0.25) is 0 Å². The molecule has 2 unspecified atom stereocenters. The Labute approximate surface area is 120 Å². The number of aryl methyl sites for hydroxylation is 1. The third-order valence-corrected chi connectivity index (χ3v) is 3.37. The summed E-state index contributed by atoms with van der Waals surface area (Å²) in [7, 11) is 0. The van der Waals surface area contributed by atoms with Gasteiger partial charge in [-0.05, 0) is 26.0 Å². The van der Waals surface area contributed by atoms with E-state index in [0.717, 1.165) is 12.2 Å². The molecule has 0 spiro atoms. The average molecular weight is 277 g/mol. The summed E-state index contributed by atoms with van der Waals surface area (Å²) in [6.07, 6.45) is 0.135. The molecule has 2 rings (SSSR count). The first-order valence-electron chi connectivity index (χ1n) is 7.01. The summed E-state index contributed by atoms with van der Waals surface area (Å²) < 4.78 is 5.68. The highest BCUT2D eigenvalue weighted by molar-refractivity contribution is 5.92. The molecule has 3 N–H and O–H groups in total. The minimum Gasteiger partial charge on any atom is -0.371 e.